The zero-order valence-corrected chi connectivity index (χ0v) is 11.9. The van der Waals surface area contributed by atoms with Gasteiger partial charge in [0.1, 0.15) is 4.90 Å². The second-order valence-corrected chi connectivity index (χ2v) is 7.45. The Hall–Kier alpha value is -0.910. The molecule has 96 valence electrons. The second-order valence-electron chi connectivity index (χ2n) is 4.66. The monoisotopic (exact) mass is 281 g/mol. The highest BCUT2D eigenvalue weighted by Crippen LogP contribution is 2.34. The molecule has 1 aromatic heterocycles. The van der Waals surface area contributed by atoms with Crippen LogP contribution in [0, 0.1) is 6.92 Å². The van der Waals surface area contributed by atoms with Gasteiger partial charge in [-0.3, -0.25) is 0 Å². The van der Waals surface area contributed by atoms with Crippen LogP contribution >= 0.6 is 11.3 Å². The number of sulfonamides is 1. The van der Waals surface area contributed by atoms with Gasteiger partial charge in [0.2, 0.25) is 10.0 Å². The molecule has 0 atom stereocenters. The van der Waals surface area contributed by atoms with E-state index in [9.17, 15) is 8.42 Å². The molecule has 2 aromatic rings. The minimum absolute atomic E-state index is 0.480. The summed E-state index contributed by atoms with van der Waals surface area (Å²) < 4.78 is 27.8. The summed E-state index contributed by atoms with van der Waals surface area (Å²) >= 11 is 1.52. The zero-order valence-electron chi connectivity index (χ0n) is 10.2. The Balaban J connectivity index is 2.17. The maximum Gasteiger partial charge on any atom is 0.244 e. The molecule has 0 N–H and O–H groups in total. The molecule has 3 rings (SSSR count). The summed E-state index contributed by atoms with van der Waals surface area (Å²) in [5, 5.41) is 2.65. The van der Waals surface area contributed by atoms with Crippen molar-refractivity contribution < 1.29 is 8.42 Å². The standard InChI is InChI=1S/C13H15NO2S2/c1-10-5-4-6-11-12(9-17-13(10)11)18(15,16)14-7-2-3-8-14/h4-6,9H,2-3,7-8H2,1H3. The van der Waals surface area contributed by atoms with Crippen molar-refractivity contribution in [3.63, 3.8) is 0 Å². The molecule has 3 nitrogen and oxygen atoms in total. The smallest absolute Gasteiger partial charge is 0.207 e. The van der Waals surface area contributed by atoms with Crippen LogP contribution in [0.15, 0.2) is 28.5 Å². The molecule has 2 heterocycles. The van der Waals surface area contributed by atoms with Crippen LogP contribution in [0.3, 0.4) is 0 Å². The van der Waals surface area contributed by atoms with Crippen LogP contribution in [-0.4, -0.2) is 25.8 Å². The SMILES string of the molecule is Cc1cccc2c(S(=O)(=O)N3CCCC3)csc12. The highest BCUT2D eigenvalue weighted by molar-refractivity contribution is 7.89. The van der Waals surface area contributed by atoms with Crippen LogP contribution in [0.25, 0.3) is 10.1 Å². The molecule has 1 saturated heterocycles. The molecule has 0 amide bonds. The lowest BCUT2D eigenvalue weighted by Crippen LogP contribution is -2.27. The Kier molecular flexibility index (Phi) is 2.92. The molecule has 0 saturated carbocycles. The molecule has 18 heavy (non-hydrogen) atoms. The molecule has 0 bridgehead atoms. The first-order valence-corrected chi connectivity index (χ1v) is 8.39. The number of hydrogen-bond acceptors (Lipinski definition) is 3. The van der Waals surface area contributed by atoms with Gasteiger partial charge >= 0.3 is 0 Å². The number of rotatable bonds is 2. The fourth-order valence-corrected chi connectivity index (χ4v) is 5.52. The third kappa shape index (κ3) is 1.77. The van der Waals surface area contributed by atoms with E-state index in [1.165, 1.54) is 11.3 Å². The van der Waals surface area contributed by atoms with Crippen LogP contribution in [0.4, 0.5) is 0 Å². The fraction of sp³-hybridized carbons (Fsp3) is 0.385. The third-order valence-corrected chi connectivity index (χ3v) is 6.66. The third-order valence-electron chi connectivity index (χ3n) is 3.44. The van der Waals surface area contributed by atoms with Crippen molar-refractivity contribution in [2.24, 2.45) is 0 Å². The van der Waals surface area contributed by atoms with Gasteiger partial charge in [-0.05, 0) is 25.3 Å². The zero-order chi connectivity index (χ0) is 12.8. The molecule has 0 aliphatic carbocycles. The first-order chi connectivity index (χ1) is 8.60. The van der Waals surface area contributed by atoms with E-state index in [0.29, 0.717) is 18.0 Å². The average molecular weight is 281 g/mol. The molecule has 1 fully saturated rings. The van der Waals surface area contributed by atoms with Gasteiger partial charge in [0.05, 0.1) is 0 Å². The second kappa shape index (κ2) is 4.33. The van der Waals surface area contributed by atoms with Gasteiger partial charge in [0, 0.05) is 28.6 Å². The number of hydrogen-bond donors (Lipinski definition) is 0. The van der Waals surface area contributed by atoms with E-state index in [2.05, 4.69) is 0 Å². The van der Waals surface area contributed by atoms with Crippen molar-refractivity contribution >= 4 is 31.4 Å². The molecule has 5 heteroatoms. The normalized spacial score (nSPS) is 17.6. The van der Waals surface area contributed by atoms with Crippen LogP contribution in [-0.2, 0) is 10.0 Å². The van der Waals surface area contributed by atoms with Crippen molar-refractivity contribution in [3.05, 3.63) is 29.1 Å². The Labute approximate surface area is 111 Å². The Bertz CT molecular complexity index is 682. The lowest BCUT2D eigenvalue weighted by atomic mass is 10.2. The molecular formula is C13H15NO2S2. The number of nitrogens with zero attached hydrogens (tertiary/aromatic N) is 1. The number of thiophene rings is 1. The first kappa shape index (κ1) is 12.1. The minimum atomic E-state index is -3.29. The van der Waals surface area contributed by atoms with Crippen LogP contribution in [0.2, 0.25) is 0 Å². The molecule has 1 aliphatic heterocycles. The van der Waals surface area contributed by atoms with Crippen molar-refractivity contribution in [1.82, 2.24) is 4.31 Å². The number of fused-ring (bicyclic) bond motifs is 1. The van der Waals surface area contributed by atoms with E-state index in [4.69, 9.17) is 0 Å². The summed E-state index contributed by atoms with van der Waals surface area (Å²) in [7, 11) is -3.29. The van der Waals surface area contributed by atoms with Gasteiger partial charge < -0.3 is 0 Å². The van der Waals surface area contributed by atoms with Crippen molar-refractivity contribution in [2.75, 3.05) is 13.1 Å². The topological polar surface area (TPSA) is 37.4 Å². The van der Waals surface area contributed by atoms with E-state index in [0.717, 1.165) is 28.5 Å². The predicted octanol–water partition coefficient (Wildman–Crippen LogP) is 2.99. The minimum Gasteiger partial charge on any atom is -0.207 e. The molecule has 1 aliphatic rings. The fourth-order valence-electron chi connectivity index (χ4n) is 2.45. The van der Waals surface area contributed by atoms with E-state index in [1.54, 1.807) is 9.69 Å². The highest BCUT2D eigenvalue weighted by atomic mass is 32.2. The lowest BCUT2D eigenvalue weighted by Gasteiger charge is -2.14. The van der Waals surface area contributed by atoms with E-state index < -0.39 is 10.0 Å². The maximum absolute atomic E-state index is 12.6. The first-order valence-electron chi connectivity index (χ1n) is 6.08. The average Bonchev–Trinajstić information content (AvgIpc) is 2.99. The largest absolute Gasteiger partial charge is 0.244 e. The Morgan fingerprint density at radius 2 is 1.94 bits per heavy atom. The van der Waals surface area contributed by atoms with Crippen molar-refractivity contribution in [3.8, 4) is 0 Å². The highest BCUT2D eigenvalue weighted by Gasteiger charge is 2.29. The summed E-state index contributed by atoms with van der Waals surface area (Å²) in [6.07, 6.45) is 1.95. The number of aryl methyl sites for hydroxylation is 1. The van der Waals surface area contributed by atoms with Crippen molar-refractivity contribution in [2.45, 2.75) is 24.7 Å². The molecule has 1 aromatic carbocycles. The molecule has 0 unspecified atom stereocenters. The molecule has 0 radical (unpaired) electrons. The van der Waals surface area contributed by atoms with Gasteiger partial charge in [0.25, 0.3) is 0 Å². The summed E-state index contributed by atoms with van der Waals surface area (Å²) in [4.78, 5) is 0.480. The quantitative estimate of drug-likeness (QED) is 0.848. The van der Waals surface area contributed by atoms with Crippen LogP contribution in [0.1, 0.15) is 18.4 Å². The molecule has 0 spiro atoms. The van der Waals surface area contributed by atoms with Crippen LogP contribution in [0.5, 0.6) is 0 Å². The summed E-state index contributed by atoms with van der Waals surface area (Å²) in [6.45, 7) is 3.34. The Morgan fingerprint density at radius 1 is 1.22 bits per heavy atom. The van der Waals surface area contributed by atoms with Gasteiger partial charge in [-0.1, -0.05) is 18.2 Å². The number of benzene rings is 1. The van der Waals surface area contributed by atoms with Crippen molar-refractivity contribution in [1.29, 1.82) is 0 Å². The summed E-state index contributed by atoms with van der Waals surface area (Å²) in [6, 6.07) is 5.85. The van der Waals surface area contributed by atoms with Gasteiger partial charge in [-0.2, -0.15) is 4.31 Å². The van der Waals surface area contributed by atoms with Gasteiger partial charge in [-0.25, -0.2) is 8.42 Å². The summed E-state index contributed by atoms with van der Waals surface area (Å²) in [5.41, 5.74) is 1.14. The van der Waals surface area contributed by atoms with Crippen LogP contribution < -0.4 is 0 Å². The maximum atomic E-state index is 12.6. The van der Waals surface area contributed by atoms with Gasteiger partial charge in [-0.15, -0.1) is 11.3 Å². The van der Waals surface area contributed by atoms with E-state index in [1.807, 2.05) is 25.1 Å². The Morgan fingerprint density at radius 3 is 2.67 bits per heavy atom. The lowest BCUT2D eigenvalue weighted by molar-refractivity contribution is 0.478. The molecular weight excluding hydrogens is 266 g/mol. The van der Waals surface area contributed by atoms with E-state index >= 15 is 0 Å². The van der Waals surface area contributed by atoms with E-state index in [-0.39, 0.29) is 0 Å². The van der Waals surface area contributed by atoms with Gasteiger partial charge in [0.15, 0.2) is 0 Å². The summed E-state index contributed by atoms with van der Waals surface area (Å²) in [5.74, 6) is 0. The predicted molar refractivity (Wildman–Crippen MR) is 74.6 cm³/mol.